The van der Waals surface area contributed by atoms with Gasteiger partial charge < -0.3 is 24.8 Å². The number of carbonyl (C=O) groups excluding carboxylic acids is 2. The number of nitrogens with zero attached hydrogens (tertiary/aromatic N) is 1. The molecule has 0 saturated carbocycles. The highest BCUT2D eigenvalue weighted by Gasteiger charge is 2.48. The largest absolute Gasteiger partial charge is 0.480 e. The zero-order valence-corrected chi connectivity index (χ0v) is 19.7. The maximum Gasteiger partial charge on any atom is 0.408 e. The van der Waals surface area contributed by atoms with Crippen molar-refractivity contribution in [2.45, 2.75) is 43.7 Å². The van der Waals surface area contributed by atoms with Crippen molar-refractivity contribution in [3.8, 4) is 11.1 Å². The van der Waals surface area contributed by atoms with Crippen molar-refractivity contribution in [1.29, 1.82) is 0 Å². The molecule has 0 unspecified atom stereocenters. The maximum atomic E-state index is 13.4. The van der Waals surface area contributed by atoms with Gasteiger partial charge in [-0.25, -0.2) is 9.59 Å². The number of rotatable bonds is 6. The fourth-order valence-electron chi connectivity index (χ4n) is 4.66. The van der Waals surface area contributed by atoms with Crippen LogP contribution in [0.25, 0.3) is 11.1 Å². The van der Waals surface area contributed by atoms with Crippen LogP contribution >= 0.6 is 0 Å². The number of hydrogen-bond donors (Lipinski definition) is 2. The Hall–Kier alpha value is -3.39. The van der Waals surface area contributed by atoms with Gasteiger partial charge in [0.2, 0.25) is 5.91 Å². The smallest absolute Gasteiger partial charge is 0.408 e. The van der Waals surface area contributed by atoms with Crippen molar-refractivity contribution in [2.24, 2.45) is 0 Å². The minimum atomic E-state index is -1.44. The van der Waals surface area contributed by atoms with Crippen molar-refractivity contribution in [1.82, 2.24) is 10.2 Å². The van der Waals surface area contributed by atoms with E-state index in [4.69, 9.17) is 9.47 Å². The Morgan fingerprint density at radius 2 is 1.59 bits per heavy atom. The number of carbonyl (C=O) groups is 3. The van der Waals surface area contributed by atoms with Crippen LogP contribution in [0.15, 0.2) is 48.5 Å². The highest BCUT2D eigenvalue weighted by Crippen LogP contribution is 2.44. The lowest BCUT2D eigenvalue weighted by molar-refractivity contribution is -0.159. The normalized spacial score (nSPS) is 16.8. The van der Waals surface area contributed by atoms with Gasteiger partial charge in [-0.3, -0.25) is 4.79 Å². The number of aliphatic carboxylic acids is 1. The Balaban J connectivity index is 1.51. The SMILES string of the molecule is CN(C(=O)C1(NC(=O)OCC2c3ccccc3-c3ccccc32)CCOCC1)C(C)(C)C(=O)O. The van der Waals surface area contributed by atoms with Crippen molar-refractivity contribution >= 4 is 18.0 Å². The molecule has 0 spiro atoms. The van der Waals surface area contributed by atoms with Gasteiger partial charge in [-0.1, -0.05) is 48.5 Å². The van der Waals surface area contributed by atoms with E-state index in [1.54, 1.807) is 0 Å². The van der Waals surface area contributed by atoms with Gasteiger partial charge >= 0.3 is 12.1 Å². The Kier molecular flexibility index (Phi) is 6.36. The molecule has 1 aliphatic carbocycles. The second-order valence-electron chi connectivity index (χ2n) is 9.37. The number of nitrogens with one attached hydrogen (secondary N) is 1. The van der Waals surface area contributed by atoms with E-state index in [0.29, 0.717) is 0 Å². The molecule has 4 rings (SSSR count). The summed E-state index contributed by atoms with van der Waals surface area (Å²) in [6, 6.07) is 16.1. The van der Waals surface area contributed by atoms with Crippen molar-refractivity contribution in [3.05, 3.63) is 59.7 Å². The topological polar surface area (TPSA) is 105 Å². The van der Waals surface area contributed by atoms with Crippen LogP contribution < -0.4 is 5.32 Å². The predicted octanol–water partition coefficient (Wildman–Crippen LogP) is 3.40. The molecule has 1 fully saturated rings. The van der Waals surface area contributed by atoms with Gasteiger partial charge in [-0.2, -0.15) is 0 Å². The first-order chi connectivity index (χ1) is 16.2. The number of alkyl carbamates (subject to hydrolysis) is 1. The maximum absolute atomic E-state index is 13.4. The molecule has 8 nitrogen and oxygen atoms in total. The number of amides is 2. The number of carboxylic acid groups (broad SMARTS) is 1. The van der Waals surface area contributed by atoms with Crippen LogP contribution in [-0.4, -0.2) is 65.9 Å². The zero-order valence-electron chi connectivity index (χ0n) is 19.7. The van der Waals surface area contributed by atoms with Crippen LogP contribution in [0.3, 0.4) is 0 Å². The molecule has 0 radical (unpaired) electrons. The lowest BCUT2D eigenvalue weighted by atomic mass is 9.87. The number of likely N-dealkylation sites (N-methyl/N-ethyl adjacent to an activating group) is 1. The highest BCUT2D eigenvalue weighted by atomic mass is 16.5. The second kappa shape index (κ2) is 9.10. The summed E-state index contributed by atoms with van der Waals surface area (Å²) in [7, 11) is 1.44. The number of fused-ring (bicyclic) bond motifs is 3. The number of benzene rings is 2. The Bertz CT molecular complexity index is 1060. The van der Waals surface area contributed by atoms with E-state index in [9.17, 15) is 19.5 Å². The van der Waals surface area contributed by atoms with E-state index in [2.05, 4.69) is 17.4 Å². The fourth-order valence-corrected chi connectivity index (χ4v) is 4.66. The third kappa shape index (κ3) is 4.14. The van der Waals surface area contributed by atoms with Gasteiger partial charge in [-0.05, 0) is 36.1 Å². The summed E-state index contributed by atoms with van der Waals surface area (Å²) in [6.07, 6.45) is -0.245. The molecule has 1 saturated heterocycles. The monoisotopic (exact) mass is 466 g/mol. The molecule has 8 heteroatoms. The summed E-state index contributed by atoms with van der Waals surface area (Å²) in [6.45, 7) is 3.58. The predicted molar refractivity (Wildman–Crippen MR) is 125 cm³/mol. The third-order valence-electron chi connectivity index (χ3n) is 7.11. The Labute approximate surface area is 198 Å². The molecule has 1 aliphatic heterocycles. The molecule has 34 heavy (non-hydrogen) atoms. The summed E-state index contributed by atoms with van der Waals surface area (Å²) >= 11 is 0. The Morgan fingerprint density at radius 3 is 2.12 bits per heavy atom. The van der Waals surface area contributed by atoms with Crippen LogP contribution in [0.5, 0.6) is 0 Å². The summed E-state index contributed by atoms with van der Waals surface area (Å²) < 4.78 is 11.1. The first kappa shape index (κ1) is 23.8. The van der Waals surface area contributed by atoms with Crippen LogP contribution in [0.2, 0.25) is 0 Å². The van der Waals surface area contributed by atoms with E-state index < -0.39 is 29.0 Å². The van der Waals surface area contributed by atoms with E-state index in [1.807, 2.05) is 36.4 Å². The summed E-state index contributed by atoms with van der Waals surface area (Å²) in [5, 5.41) is 12.3. The van der Waals surface area contributed by atoms with Crippen molar-refractivity contribution in [3.63, 3.8) is 0 Å². The molecular formula is C26H30N2O6. The van der Waals surface area contributed by atoms with E-state index in [-0.39, 0.29) is 38.6 Å². The first-order valence-electron chi connectivity index (χ1n) is 11.4. The van der Waals surface area contributed by atoms with E-state index >= 15 is 0 Å². The van der Waals surface area contributed by atoms with Crippen LogP contribution in [0, 0.1) is 0 Å². The minimum Gasteiger partial charge on any atom is -0.480 e. The molecule has 0 bridgehead atoms. The number of ether oxygens (including phenoxy) is 2. The molecule has 0 atom stereocenters. The molecule has 2 aromatic rings. The van der Waals surface area contributed by atoms with E-state index in [1.165, 1.54) is 25.8 Å². The van der Waals surface area contributed by atoms with Crippen LogP contribution in [0.1, 0.15) is 43.7 Å². The lowest BCUT2D eigenvalue weighted by Crippen LogP contribution is -2.65. The second-order valence-corrected chi connectivity index (χ2v) is 9.37. The average Bonchev–Trinajstić information content (AvgIpc) is 3.16. The first-order valence-corrected chi connectivity index (χ1v) is 11.4. The molecule has 2 amide bonds. The zero-order chi connectivity index (χ0) is 24.5. The molecular weight excluding hydrogens is 436 g/mol. The highest BCUT2D eigenvalue weighted by molar-refractivity contribution is 5.94. The number of carboxylic acids is 1. The molecule has 2 aromatic carbocycles. The summed E-state index contributed by atoms with van der Waals surface area (Å²) in [5.41, 5.74) is 1.71. The fraction of sp³-hybridized carbons (Fsp3) is 0.423. The quantitative estimate of drug-likeness (QED) is 0.676. The lowest BCUT2D eigenvalue weighted by Gasteiger charge is -2.42. The molecule has 2 N–H and O–H groups in total. The van der Waals surface area contributed by atoms with E-state index in [0.717, 1.165) is 22.3 Å². The van der Waals surface area contributed by atoms with Gasteiger partial charge in [0.25, 0.3) is 0 Å². The van der Waals surface area contributed by atoms with Crippen molar-refractivity contribution in [2.75, 3.05) is 26.9 Å². The molecule has 180 valence electrons. The average molecular weight is 467 g/mol. The van der Waals surface area contributed by atoms with Crippen LogP contribution in [0.4, 0.5) is 4.79 Å². The summed E-state index contributed by atoms with van der Waals surface area (Å²) in [4.78, 5) is 39.2. The van der Waals surface area contributed by atoms with Crippen LogP contribution in [-0.2, 0) is 19.1 Å². The van der Waals surface area contributed by atoms with Gasteiger partial charge in [0.1, 0.15) is 17.7 Å². The van der Waals surface area contributed by atoms with Gasteiger partial charge in [0.15, 0.2) is 0 Å². The minimum absolute atomic E-state index is 0.104. The third-order valence-corrected chi connectivity index (χ3v) is 7.11. The molecule has 2 aliphatic rings. The van der Waals surface area contributed by atoms with Crippen molar-refractivity contribution < 1.29 is 29.0 Å². The van der Waals surface area contributed by atoms with Gasteiger partial charge in [0.05, 0.1) is 0 Å². The standard InChI is InChI=1S/C26H30N2O6/c1-25(2,23(30)31)28(3)22(29)26(12-14-33-15-13-26)27-24(32)34-16-21-19-10-6-4-8-17(19)18-9-5-7-11-20(18)21/h4-11,21H,12-16H2,1-3H3,(H,27,32)(H,30,31). The molecule has 0 aromatic heterocycles. The Morgan fingerprint density at radius 1 is 1.06 bits per heavy atom. The summed E-state index contributed by atoms with van der Waals surface area (Å²) in [5.74, 6) is -1.71. The number of hydrogen-bond acceptors (Lipinski definition) is 5. The van der Waals surface area contributed by atoms with Gasteiger partial charge in [0, 0.05) is 39.0 Å². The van der Waals surface area contributed by atoms with Gasteiger partial charge in [-0.15, -0.1) is 0 Å². The molecule has 1 heterocycles.